The molecule has 1 rings (SSSR count). The Morgan fingerprint density at radius 2 is 2.00 bits per heavy atom. The third-order valence-electron chi connectivity index (χ3n) is 3.93. The van der Waals surface area contributed by atoms with Gasteiger partial charge in [0, 0.05) is 45.2 Å². The molecule has 1 aliphatic heterocycles. The topological polar surface area (TPSA) is 75.2 Å². The van der Waals surface area contributed by atoms with Crippen molar-refractivity contribution in [3.8, 4) is 0 Å². The Hall–Kier alpha value is -1.34. The molecule has 0 aromatic heterocycles. The molecule has 1 heterocycles. The highest BCUT2D eigenvalue weighted by atomic mass is 16.5. The molecule has 1 fully saturated rings. The van der Waals surface area contributed by atoms with Crippen LogP contribution in [0.5, 0.6) is 0 Å². The number of guanidine groups is 1. The van der Waals surface area contributed by atoms with Gasteiger partial charge in [0.25, 0.3) is 0 Å². The predicted octanol–water partition coefficient (Wildman–Crippen LogP) is 0.606. The van der Waals surface area contributed by atoms with E-state index in [0.29, 0.717) is 19.6 Å². The van der Waals surface area contributed by atoms with Crippen molar-refractivity contribution >= 4 is 11.9 Å². The summed E-state index contributed by atoms with van der Waals surface area (Å²) in [5, 5.41) is 6.59. The molecule has 134 valence electrons. The van der Waals surface area contributed by atoms with Crippen molar-refractivity contribution in [3.63, 3.8) is 0 Å². The Bertz CT molecular complexity index is 380. The smallest absolute Gasteiger partial charge is 0.305 e. The van der Waals surface area contributed by atoms with Crippen molar-refractivity contribution in [3.05, 3.63) is 0 Å². The first-order valence-corrected chi connectivity index (χ1v) is 8.42. The summed E-state index contributed by atoms with van der Waals surface area (Å²) in [7, 11) is 1.75. The van der Waals surface area contributed by atoms with Crippen LogP contribution in [0.3, 0.4) is 0 Å². The summed E-state index contributed by atoms with van der Waals surface area (Å²) in [5.41, 5.74) is 0.0341. The Morgan fingerprint density at radius 1 is 1.30 bits per heavy atom. The van der Waals surface area contributed by atoms with Crippen LogP contribution in [0.25, 0.3) is 0 Å². The lowest BCUT2D eigenvalue weighted by Gasteiger charge is -2.41. The van der Waals surface area contributed by atoms with Crippen LogP contribution in [0.4, 0.5) is 0 Å². The van der Waals surface area contributed by atoms with E-state index in [1.807, 2.05) is 6.92 Å². The molecule has 0 aromatic carbocycles. The summed E-state index contributed by atoms with van der Waals surface area (Å²) >= 11 is 0. The van der Waals surface area contributed by atoms with Crippen molar-refractivity contribution in [1.29, 1.82) is 0 Å². The number of nitrogens with zero attached hydrogens (tertiary/aromatic N) is 2. The lowest BCUT2D eigenvalue weighted by atomic mass is 10.0. The van der Waals surface area contributed by atoms with Crippen LogP contribution in [0.1, 0.15) is 33.6 Å². The summed E-state index contributed by atoms with van der Waals surface area (Å²) < 4.78 is 10.3. The van der Waals surface area contributed by atoms with Gasteiger partial charge in [-0.3, -0.25) is 14.7 Å². The Morgan fingerprint density at radius 3 is 2.61 bits per heavy atom. The Labute approximate surface area is 139 Å². The number of carbonyl (C=O) groups is 1. The number of carbonyl (C=O) groups excluding carboxylic acids is 1. The molecule has 0 aromatic rings. The van der Waals surface area contributed by atoms with Crippen LogP contribution in [-0.2, 0) is 14.3 Å². The standard InChI is InChI=1S/C16H32N4O3/c1-5-23-14(21)7-6-8-18-15(17-4)19-13-16(2,3)20-9-11-22-12-10-20/h5-13H2,1-4H3,(H2,17,18,19). The summed E-state index contributed by atoms with van der Waals surface area (Å²) in [6.07, 6.45) is 1.16. The quantitative estimate of drug-likeness (QED) is 0.294. The van der Waals surface area contributed by atoms with Gasteiger partial charge >= 0.3 is 5.97 Å². The van der Waals surface area contributed by atoms with Gasteiger partial charge in [0.15, 0.2) is 5.96 Å². The maximum atomic E-state index is 11.3. The SMILES string of the molecule is CCOC(=O)CCCNC(=NC)NCC(C)(C)N1CCOCC1. The van der Waals surface area contributed by atoms with Gasteiger partial charge in [-0.1, -0.05) is 0 Å². The van der Waals surface area contributed by atoms with Crippen molar-refractivity contribution < 1.29 is 14.3 Å². The number of ether oxygens (including phenoxy) is 2. The molecule has 0 aliphatic carbocycles. The van der Waals surface area contributed by atoms with Gasteiger partial charge in [0.1, 0.15) is 0 Å². The minimum Gasteiger partial charge on any atom is -0.466 e. The molecule has 0 saturated carbocycles. The van der Waals surface area contributed by atoms with E-state index in [-0.39, 0.29) is 11.5 Å². The molecule has 23 heavy (non-hydrogen) atoms. The molecule has 7 nitrogen and oxygen atoms in total. The third-order valence-corrected chi connectivity index (χ3v) is 3.93. The third kappa shape index (κ3) is 7.65. The van der Waals surface area contributed by atoms with Crippen LogP contribution in [0.15, 0.2) is 4.99 Å². The van der Waals surface area contributed by atoms with E-state index in [1.54, 1.807) is 7.05 Å². The van der Waals surface area contributed by atoms with Crippen LogP contribution < -0.4 is 10.6 Å². The summed E-state index contributed by atoms with van der Waals surface area (Å²) in [6.45, 7) is 11.7. The van der Waals surface area contributed by atoms with E-state index >= 15 is 0 Å². The minimum atomic E-state index is -0.148. The zero-order valence-electron chi connectivity index (χ0n) is 15.0. The summed E-state index contributed by atoms with van der Waals surface area (Å²) in [5.74, 6) is 0.612. The van der Waals surface area contributed by atoms with Crippen molar-refractivity contribution in [2.45, 2.75) is 39.2 Å². The van der Waals surface area contributed by atoms with Gasteiger partial charge < -0.3 is 20.1 Å². The van der Waals surface area contributed by atoms with E-state index in [2.05, 4.69) is 34.4 Å². The van der Waals surface area contributed by atoms with Crippen molar-refractivity contribution in [2.75, 3.05) is 53.0 Å². The van der Waals surface area contributed by atoms with Crippen LogP contribution in [0.2, 0.25) is 0 Å². The second-order valence-electron chi connectivity index (χ2n) is 6.17. The maximum absolute atomic E-state index is 11.3. The second kappa shape index (κ2) is 10.4. The summed E-state index contributed by atoms with van der Waals surface area (Å²) in [4.78, 5) is 17.9. The molecule has 0 atom stereocenters. The van der Waals surface area contributed by atoms with Crippen molar-refractivity contribution in [2.24, 2.45) is 4.99 Å². The predicted molar refractivity (Wildman–Crippen MR) is 91.7 cm³/mol. The molecule has 2 N–H and O–H groups in total. The fourth-order valence-electron chi connectivity index (χ4n) is 2.47. The van der Waals surface area contributed by atoms with E-state index < -0.39 is 0 Å². The van der Waals surface area contributed by atoms with E-state index in [4.69, 9.17) is 9.47 Å². The first kappa shape index (κ1) is 19.7. The summed E-state index contributed by atoms with van der Waals surface area (Å²) in [6, 6.07) is 0. The fraction of sp³-hybridized carbons (Fsp3) is 0.875. The monoisotopic (exact) mass is 328 g/mol. The molecular formula is C16H32N4O3. The molecular weight excluding hydrogens is 296 g/mol. The lowest BCUT2D eigenvalue weighted by Crippen LogP contribution is -2.56. The highest BCUT2D eigenvalue weighted by Gasteiger charge is 2.28. The molecule has 1 saturated heterocycles. The van der Waals surface area contributed by atoms with Gasteiger partial charge in [-0.05, 0) is 27.2 Å². The maximum Gasteiger partial charge on any atom is 0.305 e. The zero-order valence-corrected chi connectivity index (χ0v) is 15.0. The minimum absolute atomic E-state index is 0.0341. The number of nitrogens with one attached hydrogen (secondary N) is 2. The van der Waals surface area contributed by atoms with Gasteiger partial charge in [0.2, 0.25) is 0 Å². The van der Waals surface area contributed by atoms with Crippen molar-refractivity contribution in [1.82, 2.24) is 15.5 Å². The largest absolute Gasteiger partial charge is 0.466 e. The molecule has 0 amide bonds. The number of morpholine rings is 1. The molecule has 0 spiro atoms. The second-order valence-corrected chi connectivity index (χ2v) is 6.17. The number of hydrogen-bond acceptors (Lipinski definition) is 5. The lowest BCUT2D eigenvalue weighted by molar-refractivity contribution is -0.143. The van der Waals surface area contributed by atoms with E-state index in [9.17, 15) is 4.79 Å². The van der Waals surface area contributed by atoms with Gasteiger partial charge in [-0.25, -0.2) is 0 Å². The number of esters is 1. The average molecular weight is 328 g/mol. The molecule has 0 bridgehead atoms. The molecule has 1 aliphatic rings. The number of rotatable bonds is 8. The van der Waals surface area contributed by atoms with Crippen LogP contribution >= 0.6 is 0 Å². The van der Waals surface area contributed by atoms with Crippen LogP contribution in [0, 0.1) is 0 Å². The number of hydrogen-bond donors (Lipinski definition) is 2. The highest BCUT2D eigenvalue weighted by molar-refractivity contribution is 5.79. The normalized spacial score (nSPS) is 17.0. The average Bonchev–Trinajstić information content (AvgIpc) is 2.55. The highest BCUT2D eigenvalue weighted by Crippen LogP contribution is 2.14. The molecule has 7 heteroatoms. The van der Waals surface area contributed by atoms with Gasteiger partial charge in [-0.15, -0.1) is 0 Å². The first-order chi connectivity index (χ1) is 11.0. The first-order valence-electron chi connectivity index (χ1n) is 8.42. The van der Waals surface area contributed by atoms with E-state index in [0.717, 1.165) is 45.2 Å². The Balaban J connectivity index is 2.26. The zero-order chi connectivity index (χ0) is 17.1. The van der Waals surface area contributed by atoms with E-state index in [1.165, 1.54) is 0 Å². The van der Waals surface area contributed by atoms with Gasteiger partial charge in [0.05, 0.1) is 19.8 Å². The van der Waals surface area contributed by atoms with Crippen LogP contribution in [-0.4, -0.2) is 75.4 Å². The number of aliphatic imine (C=N–C) groups is 1. The van der Waals surface area contributed by atoms with Gasteiger partial charge in [-0.2, -0.15) is 0 Å². The molecule has 0 radical (unpaired) electrons. The fourth-order valence-corrected chi connectivity index (χ4v) is 2.47. The Kier molecular flexibility index (Phi) is 8.94. The molecule has 0 unspecified atom stereocenters.